The molecule has 4 heteroatoms. The molecule has 0 N–H and O–H groups in total. The van der Waals surface area contributed by atoms with Crippen molar-refractivity contribution >= 4 is 21.9 Å². The fourth-order valence-electron chi connectivity index (χ4n) is 14.5. The van der Waals surface area contributed by atoms with Gasteiger partial charge in [0.25, 0.3) is 0 Å². The average Bonchev–Trinajstić information content (AvgIpc) is 3.90. The monoisotopic (exact) mass is 847 g/mol. The zero-order valence-electron chi connectivity index (χ0n) is 36.5. The van der Waals surface area contributed by atoms with Crippen LogP contribution in [0.4, 0.5) is 0 Å². The number of hydrogen-bond acceptors (Lipinski definition) is 4. The molecular weight excluding hydrogens is 803 g/mol. The lowest BCUT2D eigenvalue weighted by Crippen LogP contribution is -2.59. The first-order chi connectivity index (χ1) is 32.6. The van der Waals surface area contributed by atoms with Crippen LogP contribution in [0.25, 0.3) is 78.4 Å². The Hall–Kier alpha value is -7.43. The second kappa shape index (κ2) is 13.6. The maximum atomic E-state index is 6.27. The van der Waals surface area contributed by atoms with Crippen molar-refractivity contribution in [3.63, 3.8) is 0 Å². The minimum absolute atomic E-state index is 0.0909. The molecule has 16 rings (SSSR count). The van der Waals surface area contributed by atoms with Gasteiger partial charge in [-0.1, -0.05) is 164 Å². The van der Waals surface area contributed by atoms with Crippen molar-refractivity contribution in [2.75, 3.05) is 0 Å². The van der Waals surface area contributed by atoms with Crippen LogP contribution in [0, 0.1) is 23.7 Å². The van der Waals surface area contributed by atoms with Crippen LogP contribution in [-0.4, -0.2) is 15.0 Å². The molecule has 0 radical (unpaired) electrons. The summed E-state index contributed by atoms with van der Waals surface area (Å²) in [5.41, 5.74) is 17.9. The third kappa shape index (κ3) is 4.91. The largest absolute Gasteiger partial charge is 0.456 e. The molecule has 0 atom stereocenters. The molecule has 0 aliphatic heterocycles. The van der Waals surface area contributed by atoms with E-state index in [1.54, 1.807) is 5.56 Å². The summed E-state index contributed by atoms with van der Waals surface area (Å²) in [4.78, 5) is 16.0. The minimum Gasteiger partial charge on any atom is -0.456 e. The van der Waals surface area contributed by atoms with Gasteiger partial charge in [-0.25, -0.2) is 15.0 Å². The van der Waals surface area contributed by atoms with Crippen molar-refractivity contribution < 1.29 is 4.42 Å². The van der Waals surface area contributed by atoms with E-state index in [1.165, 1.54) is 71.0 Å². The first-order valence-corrected chi connectivity index (χ1v) is 23.9. The molecule has 2 spiro atoms. The van der Waals surface area contributed by atoms with Gasteiger partial charge in [0, 0.05) is 32.9 Å². The number of aromatic nitrogens is 3. The minimum atomic E-state index is -0.437. The number of fused-ring (bicyclic) bond motifs is 12. The van der Waals surface area contributed by atoms with Crippen LogP contribution in [0.2, 0.25) is 0 Å². The van der Waals surface area contributed by atoms with Crippen LogP contribution in [0.15, 0.2) is 192 Å². The zero-order valence-corrected chi connectivity index (χ0v) is 36.5. The van der Waals surface area contributed by atoms with Crippen LogP contribution < -0.4 is 0 Å². The number of para-hydroxylation sites is 1. The lowest BCUT2D eigenvalue weighted by molar-refractivity contribution is -0.0440. The number of nitrogens with zero attached hydrogens (tertiary/aromatic N) is 3. The number of hydrogen-bond donors (Lipinski definition) is 0. The molecule has 2 aromatic heterocycles. The van der Waals surface area contributed by atoms with Gasteiger partial charge in [-0.2, -0.15) is 0 Å². The van der Waals surface area contributed by atoms with Gasteiger partial charge in [0.1, 0.15) is 11.2 Å². The summed E-state index contributed by atoms with van der Waals surface area (Å²) in [5.74, 6) is 4.90. The van der Waals surface area contributed by atoms with E-state index in [4.69, 9.17) is 19.4 Å². The van der Waals surface area contributed by atoms with Gasteiger partial charge in [0.05, 0.1) is 5.41 Å². The van der Waals surface area contributed by atoms with E-state index < -0.39 is 5.41 Å². The number of benzene rings is 8. The maximum absolute atomic E-state index is 6.27. The zero-order chi connectivity index (χ0) is 43.1. The quantitative estimate of drug-likeness (QED) is 0.177. The molecular formula is C62H45N3O. The van der Waals surface area contributed by atoms with E-state index in [-0.39, 0.29) is 5.41 Å². The molecule has 6 aliphatic rings. The summed E-state index contributed by atoms with van der Waals surface area (Å²) in [6.45, 7) is 0. The third-order valence-corrected chi connectivity index (χ3v) is 16.8. The Kier molecular flexibility index (Phi) is 7.57. The van der Waals surface area contributed by atoms with Crippen molar-refractivity contribution in [1.82, 2.24) is 15.0 Å². The van der Waals surface area contributed by atoms with Crippen molar-refractivity contribution in [3.05, 3.63) is 221 Å². The molecule has 314 valence electrons. The lowest BCUT2D eigenvalue weighted by atomic mass is 9.38. The lowest BCUT2D eigenvalue weighted by Gasteiger charge is -2.65. The highest BCUT2D eigenvalue weighted by Gasteiger charge is 2.64. The first kappa shape index (κ1) is 36.9. The Morgan fingerprint density at radius 2 is 0.848 bits per heavy atom. The second-order valence-corrected chi connectivity index (χ2v) is 19.9. The van der Waals surface area contributed by atoms with E-state index in [1.807, 2.05) is 12.1 Å². The topological polar surface area (TPSA) is 51.8 Å². The molecule has 4 saturated carbocycles. The molecule has 0 unspecified atom stereocenters. The molecule has 6 aliphatic carbocycles. The Morgan fingerprint density at radius 1 is 0.348 bits per heavy atom. The normalized spacial score (nSPS) is 22.4. The van der Waals surface area contributed by atoms with Crippen LogP contribution in [0.1, 0.15) is 65.5 Å². The summed E-state index contributed by atoms with van der Waals surface area (Å²) in [6.07, 6.45) is 6.64. The van der Waals surface area contributed by atoms with E-state index in [9.17, 15) is 0 Å². The van der Waals surface area contributed by atoms with Gasteiger partial charge in [0.15, 0.2) is 17.5 Å². The predicted molar refractivity (Wildman–Crippen MR) is 264 cm³/mol. The molecule has 2 heterocycles. The number of furan rings is 1. The van der Waals surface area contributed by atoms with Gasteiger partial charge in [-0.15, -0.1) is 0 Å². The first-order valence-electron chi connectivity index (χ1n) is 23.9. The highest BCUT2D eigenvalue weighted by molar-refractivity contribution is 6.06. The maximum Gasteiger partial charge on any atom is 0.164 e. The fourth-order valence-corrected chi connectivity index (χ4v) is 14.5. The Bertz CT molecular complexity index is 3550. The smallest absolute Gasteiger partial charge is 0.164 e. The Labute approximate surface area is 384 Å². The second-order valence-electron chi connectivity index (χ2n) is 19.9. The molecule has 4 bridgehead atoms. The molecule has 10 aromatic rings. The van der Waals surface area contributed by atoms with Crippen LogP contribution >= 0.6 is 0 Å². The van der Waals surface area contributed by atoms with E-state index in [0.717, 1.165) is 61.6 Å². The molecule has 66 heavy (non-hydrogen) atoms. The summed E-state index contributed by atoms with van der Waals surface area (Å²) in [7, 11) is 0. The fraction of sp³-hybridized carbons (Fsp3) is 0.177. The highest BCUT2D eigenvalue weighted by atomic mass is 16.3. The van der Waals surface area contributed by atoms with E-state index in [2.05, 4.69) is 176 Å². The summed E-state index contributed by atoms with van der Waals surface area (Å²) >= 11 is 0. The van der Waals surface area contributed by atoms with Crippen molar-refractivity contribution in [2.24, 2.45) is 23.7 Å². The van der Waals surface area contributed by atoms with Crippen molar-refractivity contribution in [3.8, 4) is 56.4 Å². The molecule has 8 aromatic carbocycles. The molecule has 0 amide bonds. The van der Waals surface area contributed by atoms with E-state index in [0.29, 0.717) is 29.3 Å². The summed E-state index contributed by atoms with van der Waals surface area (Å²) in [5, 5.41) is 2.27. The Morgan fingerprint density at radius 3 is 1.55 bits per heavy atom. The van der Waals surface area contributed by atoms with Crippen molar-refractivity contribution in [1.29, 1.82) is 0 Å². The van der Waals surface area contributed by atoms with Crippen molar-refractivity contribution in [2.45, 2.75) is 42.9 Å². The van der Waals surface area contributed by atoms with Gasteiger partial charge in [-0.3, -0.25) is 0 Å². The standard InChI is InChI=1S/C62H45N3O/c1-2-12-40(13-3-1)58-63-59(41-24-22-39(23-25-41)42-26-28-49-48-16-6-11-21-56(48)66-57(49)36-42)65-60(64-58)43-27-29-54-55(35-43)61(44-31-37-30-38(33-44)34-45(61)32-37)52-19-9-10-20-53(52)62(54)50-17-7-4-14-46(50)47-15-5-8-18-51(47)62/h1-29,35-38,44-45H,30-34H2. The highest BCUT2D eigenvalue weighted by Crippen LogP contribution is 2.71. The average molecular weight is 848 g/mol. The van der Waals surface area contributed by atoms with Crippen LogP contribution in [0.5, 0.6) is 0 Å². The van der Waals surface area contributed by atoms with Gasteiger partial charge in [-0.05, 0) is 136 Å². The SMILES string of the molecule is c1ccc(-c2nc(-c3ccc(-c4ccc5c(c4)oc4ccccc45)cc3)nc(-c3ccc4c(c3)C3(c5ccccc5C45c4ccccc4-c4ccccc45)C4CC5CC(C4)CC3C5)n2)cc1. The molecule has 4 nitrogen and oxygen atoms in total. The van der Waals surface area contributed by atoms with Gasteiger partial charge in [0.2, 0.25) is 0 Å². The molecule has 4 fully saturated rings. The predicted octanol–water partition coefficient (Wildman–Crippen LogP) is 14.9. The Balaban J connectivity index is 0.930. The van der Waals surface area contributed by atoms with E-state index >= 15 is 0 Å². The van der Waals surface area contributed by atoms with Crippen LogP contribution in [0.3, 0.4) is 0 Å². The summed E-state index contributed by atoms with van der Waals surface area (Å²) < 4.78 is 6.27. The summed E-state index contributed by atoms with van der Waals surface area (Å²) in [6, 6.07) is 69.2. The van der Waals surface area contributed by atoms with Gasteiger partial charge >= 0.3 is 0 Å². The molecule has 0 saturated heterocycles. The third-order valence-electron chi connectivity index (χ3n) is 16.8. The number of rotatable bonds is 4. The van der Waals surface area contributed by atoms with Crippen LogP contribution in [-0.2, 0) is 10.8 Å². The van der Waals surface area contributed by atoms with Gasteiger partial charge < -0.3 is 4.42 Å².